The standard InChI is InChI=1S/C20H31N5S/c1-15-16(2)26-19(24-15)11-12-22-20(21-3)23-14-18(25(4)5)13-17-9-7-6-8-10-17/h6-10,18H,11-14H2,1-5H3,(H2,21,22,23). The number of aromatic nitrogens is 1. The lowest BCUT2D eigenvalue weighted by molar-refractivity contribution is 0.290. The van der Waals surface area contributed by atoms with Crippen molar-refractivity contribution in [3.63, 3.8) is 0 Å². The van der Waals surface area contributed by atoms with Crippen molar-refractivity contribution in [3.8, 4) is 0 Å². The van der Waals surface area contributed by atoms with E-state index in [0.29, 0.717) is 6.04 Å². The van der Waals surface area contributed by atoms with Crippen LogP contribution >= 0.6 is 11.3 Å². The van der Waals surface area contributed by atoms with E-state index in [2.05, 4.69) is 83.8 Å². The molecule has 0 bridgehead atoms. The van der Waals surface area contributed by atoms with E-state index in [4.69, 9.17) is 0 Å². The van der Waals surface area contributed by atoms with Crippen molar-refractivity contribution < 1.29 is 0 Å². The van der Waals surface area contributed by atoms with Gasteiger partial charge in [-0.05, 0) is 39.9 Å². The Morgan fingerprint density at radius 2 is 1.92 bits per heavy atom. The highest BCUT2D eigenvalue weighted by atomic mass is 32.1. The summed E-state index contributed by atoms with van der Waals surface area (Å²) in [4.78, 5) is 12.5. The van der Waals surface area contributed by atoms with Gasteiger partial charge in [-0.15, -0.1) is 11.3 Å². The summed E-state index contributed by atoms with van der Waals surface area (Å²) in [5.74, 6) is 0.843. The quantitative estimate of drug-likeness (QED) is 0.552. The number of nitrogens with zero attached hydrogens (tertiary/aromatic N) is 3. The average molecular weight is 374 g/mol. The second-order valence-electron chi connectivity index (χ2n) is 6.69. The molecule has 0 saturated carbocycles. The Morgan fingerprint density at radius 3 is 2.50 bits per heavy atom. The topological polar surface area (TPSA) is 52.6 Å². The summed E-state index contributed by atoms with van der Waals surface area (Å²) in [6, 6.07) is 11.0. The van der Waals surface area contributed by atoms with Crippen LogP contribution in [-0.2, 0) is 12.8 Å². The molecule has 142 valence electrons. The van der Waals surface area contributed by atoms with Crippen LogP contribution in [0.5, 0.6) is 0 Å². The molecule has 5 nitrogen and oxygen atoms in total. The Hall–Kier alpha value is -1.92. The van der Waals surface area contributed by atoms with Gasteiger partial charge >= 0.3 is 0 Å². The van der Waals surface area contributed by atoms with Gasteiger partial charge in [0.1, 0.15) is 0 Å². The number of aryl methyl sites for hydroxylation is 2. The lowest BCUT2D eigenvalue weighted by Crippen LogP contribution is -2.46. The highest BCUT2D eigenvalue weighted by Crippen LogP contribution is 2.16. The number of hydrogen-bond acceptors (Lipinski definition) is 4. The predicted molar refractivity (Wildman–Crippen MR) is 112 cm³/mol. The number of aliphatic imine (C=N–C) groups is 1. The number of likely N-dealkylation sites (N-methyl/N-ethyl adjacent to an activating group) is 1. The Morgan fingerprint density at radius 1 is 1.19 bits per heavy atom. The van der Waals surface area contributed by atoms with Crippen LogP contribution in [0.25, 0.3) is 0 Å². The molecule has 1 heterocycles. The molecular formula is C20H31N5S. The molecule has 0 saturated heterocycles. The van der Waals surface area contributed by atoms with Crippen LogP contribution in [0.4, 0.5) is 0 Å². The molecule has 0 aliphatic heterocycles. The molecule has 0 amide bonds. The molecule has 0 spiro atoms. The maximum absolute atomic E-state index is 4.59. The Balaban J connectivity index is 1.80. The van der Waals surface area contributed by atoms with Crippen molar-refractivity contribution >= 4 is 17.3 Å². The molecule has 1 aromatic heterocycles. The molecule has 2 rings (SSSR count). The third-order valence-electron chi connectivity index (χ3n) is 4.48. The lowest BCUT2D eigenvalue weighted by Gasteiger charge is -2.25. The van der Waals surface area contributed by atoms with E-state index in [1.54, 1.807) is 11.3 Å². The van der Waals surface area contributed by atoms with Crippen LogP contribution in [0, 0.1) is 13.8 Å². The SMILES string of the molecule is CN=C(NCCc1nc(C)c(C)s1)NCC(Cc1ccccc1)N(C)C. The van der Waals surface area contributed by atoms with Crippen LogP contribution in [-0.4, -0.2) is 56.1 Å². The summed E-state index contributed by atoms with van der Waals surface area (Å²) in [6.07, 6.45) is 1.93. The van der Waals surface area contributed by atoms with Gasteiger partial charge in [0.2, 0.25) is 0 Å². The molecule has 0 fully saturated rings. The molecule has 1 aromatic carbocycles. The van der Waals surface area contributed by atoms with Crippen molar-refractivity contribution in [2.24, 2.45) is 4.99 Å². The van der Waals surface area contributed by atoms with Crippen molar-refractivity contribution in [2.45, 2.75) is 32.7 Å². The number of guanidine groups is 1. The van der Waals surface area contributed by atoms with E-state index in [1.807, 2.05) is 7.05 Å². The average Bonchev–Trinajstić information content (AvgIpc) is 2.95. The normalized spacial score (nSPS) is 13.1. The smallest absolute Gasteiger partial charge is 0.191 e. The van der Waals surface area contributed by atoms with Crippen LogP contribution in [0.15, 0.2) is 35.3 Å². The lowest BCUT2D eigenvalue weighted by atomic mass is 10.1. The minimum atomic E-state index is 0.403. The zero-order valence-electron chi connectivity index (χ0n) is 16.5. The summed E-state index contributed by atoms with van der Waals surface area (Å²) < 4.78 is 0. The van der Waals surface area contributed by atoms with Gasteiger partial charge in [-0.2, -0.15) is 0 Å². The van der Waals surface area contributed by atoms with Crippen molar-refractivity contribution in [1.82, 2.24) is 20.5 Å². The molecule has 0 aliphatic carbocycles. The summed E-state index contributed by atoms with van der Waals surface area (Å²) >= 11 is 1.78. The van der Waals surface area contributed by atoms with Gasteiger partial charge in [0.15, 0.2) is 5.96 Å². The highest BCUT2D eigenvalue weighted by molar-refractivity contribution is 7.11. The maximum atomic E-state index is 4.59. The molecular weight excluding hydrogens is 342 g/mol. The van der Waals surface area contributed by atoms with Crippen LogP contribution < -0.4 is 10.6 Å². The molecule has 1 atom stereocenters. The minimum Gasteiger partial charge on any atom is -0.356 e. The molecule has 2 aromatic rings. The second kappa shape index (κ2) is 10.3. The summed E-state index contributed by atoms with van der Waals surface area (Å²) in [7, 11) is 6.06. The third kappa shape index (κ3) is 6.42. The largest absolute Gasteiger partial charge is 0.356 e. The van der Waals surface area contributed by atoms with Gasteiger partial charge in [0.05, 0.1) is 10.7 Å². The predicted octanol–water partition coefficient (Wildman–Crippen LogP) is 2.64. The van der Waals surface area contributed by atoms with E-state index in [0.717, 1.165) is 37.6 Å². The monoisotopic (exact) mass is 373 g/mol. The first-order chi connectivity index (χ1) is 12.5. The zero-order valence-corrected chi connectivity index (χ0v) is 17.4. The fourth-order valence-electron chi connectivity index (χ4n) is 2.69. The van der Waals surface area contributed by atoms with Crippen molar-refractivity contribution in [3.05, 3.63) is 51.5 Å². The minimum absolute atomic E-state index is 0.403. The summed E-state index contributed by atoms with van der Waals surface area (Å²) in [5, 5.41) is 8.02. The fraction of sp³-hybridized carbons (Fsp3) is 0.500. The molecule has 26 heavy (non-hydrogen) atoms. The van der Waals surface area contributed by atoms with Gasteiger partial charge in [-0.3, -0.25) is 4.99 Å². The van der Waals surface area contributed by atoms with Crippen LogP contribution in [0.2, 0.25) is 0 Å². The first-order valence-corrected chi connectivity index (χ1v) is 9.89. The van der Waals surface area contributed by atoms with Gasteiger partial charge < -0.3 is 15.5 Å². The van der Waals surface area contributed by atoms with E-state index in [1.165, 1.54) is 15.4 Å². The number of benzene rings is 1. The van der Waals surface area contributed by atoms with E-state index < -0.39 is 0 Å². The van der Waals surface area contributed by atoms with Gasteiger partial charge in [0, 0.05) is 37.5 Å². The van der Waals surface area contributed by atoms with Crippen LogP contribution in [0.3, 0.4) is 0 Å². The fourth-order valence-corrected chi connectivity index (χ4v) is 3.63. The molecule has 0 radical (unpaired) electrons. The molecule has 6 heteroatoms. The molecule has 0 aliphatic rings. The Bertz CT molecular complexity index is 674. The van der Waals surface area contributed by atoms with E-state index in [-0.39, 0.29) is 0 Å². The first kappa shape index (κ1) is 20.4. The number of rotatable bonds is 8. The maximum Gasteiger partial charge on any atom is 0.191 e. The summed E-state index contributed by atoms with van der Waals surface area (Å²) in [6.45, 7) is 5.87. The summed E-state index contributed by atoms with van der Waals surface area (Å²) in [5.41, 5.74) is 2.49. The third-order valence-corrected chi connectivity index (χ3v) is 5.61. The first-order valence-electron chi connectivity index (χ1n) is 9.07. The molecule has 2 N–H and O–H groups in total. The highest BCUT2D eigenvalue weighted by Gasteiger charge is 2.13. The molecule has 1 unspecified atom stereocenters. The number of hydrogen-bond donors (Lipinski definition) is 2. The van der Waals surface area contributed by atoms with Crippen molar-refractivity contribution in [1.29, 1.82) is 0 Å². The van der Waals surface area contributed by atoms with Gasteiger partial charge in [0.25, 0.3) is 0 Å². The van der Waals surface area contributed by atoms with Gasteiger partial charge in [-0.1, -0.05) is 30.3 Å². The van der Waals surface area contributed by atoms with Crippen LogP contribution in [0.1, 0.15) is 21.1 Å². The van der Waals surface area contributed by atoms with E-state index in [9.17, 15) is 0 Å². The Kier molecular flexibility index (Phi) is 8.06. The zero-order chi connectivity index (χ0) is 18.9. The van der Waals surface area contributed by atoms with Crippen molar-refractivity contribution in [2.75, 3.05) is 34.2 Å². The van der Waals surface area contributed by atoms with E-state index >= 15 is 0 Å². The number of nitrogens with one attached hydrogen (secondary N) is 2. The number of thiazole rings is 1. The van der Waals surface area contributed by atoms with Gasteiger partial charge in [-0.25, -0.2) is 4.98 Å². The second-order valence-corrected chi connectivity index (χ2v) is 7.97. The Labute approximate surface area is 161 Å².